The van der Waals surface area contributed by atoms with Gasteiger partial charge in [-0.25, -0.2) is 9.59 Å². The van der Waals surface area contributed by atoms with E-state index in [-0.39, 0.29) is 62.9 Å². The molecule has 2 aliphatic rings. The number of carbonyl (C=O) groups excluding carboxylic acids is 4. The molecule has 3 amide bonds. The Kier molecular flexibility index (Phi) is 13.2. The normalized spacial score (nSPS) is 16.6. The third-order valence-electron chi connectivity index (χ3n) is 9.64. The minimum atomic E-state index is -1.02. The van der Waals surface area contributed by atoms with Crippen LogP contribution in [0.1, 0.15) is 67.2 Å². The average Bonchev–Trinajstić information content (AvgIpc) is 3.77. The first-order valence-corrected chi connectivity index (χ1v) is 17.6. The third kappa shape index (κ3) is 9.32. The molecule has 3 aromatic carbocycles. The van der Waals surface area contributed by atoms with Crippen LogP contribution in [0.5, 0.6) is 0 Å². The summed E-state index contributed by atoms with van der Waals surface area (Å²) in [6, 6.07) is 23.2. The van der Waals surface area contributed by atoms with E-state index in [0.717, 1.165) is 35.1 Å². The number of aliphatic hydroxyl groups excluding tert-OH is 1. The Morgan fingerprint density at radius 2 is 1.55 bits per heavy atom. The van der Waals surface area contributed by atoms with Gasteiger partial charge in [0, 0.05) is 18.9 Å². The smallest absolute Gasteiger partial charge is 0.407 e. The van der Waals surface area contributed by atoms with Gasteiger partial charge in [-0.2, -0.15) is 0 Å². The number of ether oxygens (including phenoxy) is 2. The fraction of sp³-hybridized carbons (Fsp3) is 0.366. The van der Waals surface area contributed by atoms with E-state index in [1.165, 1.54) is 0 Å². The zero-order valence-electron chi connectivity index (χ0n) is 28.9. The molecule has 0 radical (unpaired) electrons. The van der Waals surface area contributed by atoms with Crippen LogP contribution in [0.4, 0.5) is 4.79 Å². The van der Waals surface area contributed by atoms with Crippen LogP contribution in [0.15, 0.2) is 104 Å². The first kappa shape index (κ1) is 37.0. The van der Waals surface area contributed by atoms with Crippen LogP contribution in [0.2, 0.25) is 0 Å². The zero-order chi connectivity index (χ0) is 36.2. The lowest BCUT2D eigenvalue weighted by molar-refractivity contribution is -0.147. The maximum Gasteiger partial charge on any atom is 0.407 e. The number of aliphatic hydroxyl groups is 1. The lowest BCUT2D eigenvalue weighted by atomic mass is 9.98. The number of amides is 3. The molecule has 4 atom stereocenters. The largest absolute Gasteiger partial charge is 0.462 e. The van der Waals surface area contributed by atoms with Crippen molar-refractivity contribution >= 4 is 23.9 Å². The summed E-state index contributed by atoms with van der Waals surface area (Å²) in [4.78, 5) is 54.9. The number of hydrogen-bond donors (Lipinski definition) is 3. The van der Waals surface area contributed by atoms with Gasteiger partial charge in [0.1, 0.15) is 19.3 Å². The van der Waals surface area contributed by atoms with Crippen LogP contribution in [0.25, 0.3) is 11.1 Å². The number of allylic oxidation sites excluding steroid dienone is 2. The van der Waals surface area contributed by atoms with Crippen molar-refractivity contribution in [3.05, 3.63) is 121 Å². The van der Waals surface area contributed by atoms with Gasteiger partial charge in [-0.1, -0.05) is 91.0 Å². The van der Waals surface area contributed by atoms with E-state index in [1.54, 1.807) is 17.1 Å². The van der Waals surface area contributed by atoms with Gasteiger partial charge >= 0.3 is 12.1 Å². The van der Waals surface area contributed by atoms with E-state index < -0.39 is 30.1 Å². The molecular weight excluding hydrogens is 646 g/mol. The summed E-state index contributed by atoms with van der Waals surface area (Å²) in [5.74, 6) is -2.09. The quantitative estimate of drug-likeness (QED) is 0.120. The van der Waals surface area contributed by atoms with Gasteiger partial charge in [0.05, 0.1) is 24.6 Å². The summed E-state index contributed by atoms with van der Waals surface area (Å²) in [5.41, 5.74) is 5.08. The molecule has 1 saturated heterocycles. The molecule has 10 heteroatoms. The minimum absolute atomic E-state index is 0.0384. The van der Waals surface area contributed by atoms with E-state index in [9.17, 15) is 24.3 Å². The summed E-state index contributed by atoms with van der Waals surface area (Å²) in [6.45, 7) is 7.84. The molecule has 10 nitrogen and oxygen atoms in total. The lowest BCUT2D eigenvalue weighted by Gasteiger charge is -2.27. The SMILES string of the molecule is C=CCC[C@H](NC(=O)OCC1c2ccccc2-c2ccccc21)C(=O)OC[C@H](NC(=O)[C@@H](CC=C)CC(=O)N1CCC[C@H]1CO)c1ccccc1. The highest BCUT2D eigenvalue weighted by atomic mass is 16.6. The Morgan fingerprint density at radius 3 is 2.20 bits per heavy atom. The zero-order valence-corrected chi connectivity index (χ0v) is 28.9. The van der Waals surface area contributed by atoms with Gasteiger partial charge in [-0.3, -0.25) is 9.59 Å². The second-order valence-electron chi connectivity index (χ2n) is 13.0. The number of benzene rings is 3. The van der Waals surface area contributed by atoms with Crippen molar-refractivity contribution in [1.29, 1.82) is 0 Å². The molecule has 0 saturated carbocycles. The first-order chi connectivity index (χ1) is 24.8. The van der Waals surface area contributed by atoms with Crippen molar-refractivity contribution in [2.24, 2.45) is 5.92 Å². The summed E-state index contributed by atoms with van der Waals surface area (Å²) in [7, 11) is 0. The summed E-state index contributed by atoms with van der Waals surface area (Å²) in [6.07, 6.45) is 4.95. The van der Waals surface area contributed by atoms with Crippen molar-refractivity contribution in [1.82, 2.24) is 15.5 Å². The predicted octanol–water partition coefficient (Wildman–Crippen LogP) is 5.83. The number of carbonyl (C=O) groups is 4. The van der Waals surface area contributed by atoms with Crippen molar-refractivity contribution in [3.8, 4) is 11.1 Å². The molecular formula is C41H47N3O7. The van der Waals surface area contributed by atoms with Crippen molar-refractivity contribution in [2.75, 3.05) is 26.4 Å². The fourth-order valence-corrected chi connectivity index (χ4v) is 6.94. The number of esters is 1. The fourth-order valence-electron chi connectivity index (χ4n) is 6.94. The van der Waals surface area contributed by atoms with Crippen LogP contribution in [0, 0.1) is 5.92 Å². The number of nitrogens with one attached hydrogen (secondary N) is 2. The van der Waals surface area contributed by atoms with E-state index in [4.69, 9.17) is 9.47 Å². The Bertz CT molecular complexity index is 1650. The predicted molar refractivity (Wildman–Crippen MR) is 194 cm³/mol. The maximum absolute atomic E-state index is 13.6. The average molecular weight is 694 g/mol. The number of fused-ring (bicyclic) bond motifs is 3. The highest BCUT2D eigenvalue weighted by Crippen LogP contribution is 2.44. The van der Waals surface area contributed by atoms with Gasteiger partial charge in [0.15, 0.2) is 0 Å². The highest BCUT2D eigenvalue weighted by molar-refractivity contribution is 5.87. The van der Waals surface area contributed by atoms with Crippen LogP contribution < -0.4 is 10.6 Å². The second-order valence-corrected chi connectivity index (χ2v) is 13.0. The van der Waals surface area contributed by atoms with Gasteiger partial charge in [-0.15, -0.1) is 13.2 Å². The number of likely N-dealkylation sites (tertiary alicyclic amines) is 1. The van der Waals surface area contributed by atoms with Gasteiger partial charge in [0.2, 0.25) is 11.8 Å². The topological polar surface area (TPSA) is 134 Å². The molecule has 0 unspecified atom stereocenters. The molecule has 268 valence electrons. The minimum Gasteiger partial charge on any atom is -0.462 e. The number of hydrogen-bond acceptors (Lipinski definition) is 7. The molecule has 1 fully saturated rings. The molecule has 0 aromatic heterocycles. The molecule has 3 aromatic rings. The van der Waals surface area contributed by atoms with Gasteiger partial charge < -0.3 is 30.1 Å². The number of rotatable bonds is 17. The van der Waals surface area contributed by atoms with Crippen LogP contribution in [0.3, 0.4) is 0 Å². The third-order valence-corrected chi connectivity index (χ3v) is 9.64. The summed E-state index contributed by atoms with van der Waals surface area (Å²) >= 11 is 0. The monoisotopic (exact) mass is 693 g/mol. The highest BCUT2D eigenvalue weighted by Gasteiger charge is 2.33. The first-order valence-electron chi connectivity index (χ1n) is 17.6. The summed E-state index contributed by atoms with van der Waals surface area (Å²) in [5, 5.41) is 15.3. The van der Waals surface area contributed by atoms with Gasteiger partial charge in [-0.05, 0) is 59.9 Å². The number of nitrogens with zero attached hydrogens (tertiary/aromatic N) is 1. The lowest BCUT2D eigenvalue weighted by Crippen LogP contribution is -2.44. The molecule has 1 aliphatic heterocycles. The standard InChI is InChI=1S/C41H47N3O7/c1-3-5-22-36(43-41(49)51-26-35-33-20-11-9-18-31(33)32-19-10-12-21-34(32)35)40(48)50-27-37(28-15-7-6-8-16-28)42-39(47)29(14-4-2)24-38(46)44-23-13-17-30(44)25-45/h3-4,6-12,15-16,18-21,29-30,35-37,45H,1-2,5,13-14,17,22-27H2,(H,42,47)(H,43,49)/t29-,30-,36-,37-/m0/s1. The Hall–Kier alpha value is -5.22. The van der Waals surface area contributed by atoms with E-state index in [1.807, 2.05) is 66.7 Å². The second kappa shape index (κ2) is 18.1. The van der Waals surface area contributed by atoms with Crippen molar-refractivity contribution < 1.29 is 33.8 Å². The molecule has 51 heavy (non-hydrogen) atoms. The molecule has 0 spiro atoms. The van der Waals surface area contributed by atoms with Crippen LogP contribution in [-0.2, 0) is 23.9 Å². The Balaban J connectivity index is 1.21. The Labute approximate surface area is 299 Å². The molecule has 1 aliphatic carbocycles. The van der Waals surface area contributed by atoms with Crippen LogP contribution in [-0.4, -0.2) is 72.3 Å². The van der Waals surface area contributed by atoms with Crippen LogP contribution >= 0.6 is 0 Å². The van der Waals surface area contributed by atoms with Gasteiger partial charge in [0.25, 0.3) is 0 Å². The van der Waals surface area contributed by atoms with E-state index in [0.29, 0.717) is 18.5 Å². The summed E-state index contributed by atoms with van der Waals surface area (Å²) < 4.78 is 11.4. The van der Waals surface area contributed by atoms with Crippen molar-refractivity contribution in [3.63, 3.8) is 0 Å². The molecule has 1 heterocycles. The molecule has 0 bridgehead atoms. The number of alkyl carbamates (subject to hydrolysis) is 1. The Morgan fingerprint density at radius 1 is 0.882 bits per heavy atom. The van der Waals surface area contributed by atoms with Crippen molar-refractivity contribution in [2.45, 2.75) is 62.6 Å². The van der Waals surface area contributed by atoms with E-state index >= 15 is 0 Å². The molecule has 5 rings (SSSR count). The van der Waals surface area contributed by atoms with E-state index in [2.05, 4.69) is 35.9 Å². The maximum atomic E-state index is 13.6. The molecule has 3 N–H and O–H groups in total.